The number of nitrogens with one attached hydrogen (secondary N) is 1. The van der Waals surface area contributed by atoms with Crippen LogP contribution in [-0.2, 0) is 22.4 Å². The average Bonchev–Trinajstić information content (AvgIpc) is 2.61. The Balaban J connectivity index is 1.59. The first-order valence-corrected chi connectivity index (χ1v) is 7.97. The van der Waals surface area contributed by atoms with Crippen LogP contribution in [0, 0.1) is 0 Å². The van der Waals surface area contributed by atoms with Gasteiger partial charge in [0.15, 0.2) is 0 Å². The maximum Gasteiger partial charge on any atom is 0.316 e. The topological polar surface area (TPSA) is 49.4 Å². The van der Waals surface area contributed by atoms with Crippen molar-refractivity contribution in [1.82, 2.24) is 5.32 Å². The monoisotopic (exact) mass is 308 g/mol. The number of carbonyl (C=O) groups excluding carboxylic acids is 2. The highest BCUT2D eigenvalue weighted by atomic mass is 16.2. The molecule has 1 N–H and O–H groups in total. The average molecular weight is 308 g/mol. The number of amides is 2. The third kappa shape index (κ3) is 3.59. The molecule has 23 heavy (non-hydrogen) atoms. The zero-order valence-corrected chi connectivity index (χ0v) is 13.0. The fourth-order valence-corrected chi connectivity index (χ4v) is 2.91. The van der Waals surface area contributed by atoms with Crippen LogP contribution in [0.3, 0.4) is 0 Å². The first-order valence-electron chi connectivity index (χ1n) is 7.97. The molecule has 0 fully saturated rings. The van der Waals surface area contributed by atoms with E-state index in [4.69, 9.17) is 0 Å². The standard InChI is InChI=1S/C19H20N2O2/c22-18(20-13-12-15-7-2-1-3-8-15)19(23)21-14-6-10-16-9-4-5-11-17(16)21/h1-5,7-9,11H,6,10,12-14H2,(H,20,22). The minimum absolute atomic E-state index is 0.462. The lowest BCUT2D eigenvalue weighted by Gasteiger charge is -2.28. The van der Waals surface area contributed by atoms with E-state index in [1.54, 1.807) is 4.90 Å². The number of fused-ring (bicyclic) bond motifs is 1. The minimum Gasteiger partial charge on any atom is -0.347 e. The molecule has 118 valence electrons. The maximum atomic E-state index is 12.4. The van der Waals surface area contributed by atoms with Crippen LogP contribution in [-0.4, -0.2) is 24.9 Å². The maximum absolute atomic E-state index is 12.4. The van der Waals surface area contributed by atoms with Gasteiger partial charge in [0.05, 0.1) is 0 Å². The molecule has 0 spiro atoms. The van der Waals surface area contributed by atoms with Gasteiger partial charge in [-0.1, -0.05) is 48.5 Å². The second-order valence-electron chi connectivity index (χ2n) is 5.68. The van der Waals surface area contributed by atoms with Crippen molar-refractivity contribution in [3.05, 3.63) is 65.7 Å². The summed E-state index contributed by atoms with van der Waals surface area (Å²) in [4.78, 5) is 26.2. The van der Waals surface area contributed by atoms with E-state index >= 15 is 0 Å². The van der Waals surface area contributed by atoms with Gasteiger partial charge >= 0.3 is 11.8 Å². The molecule has 0 saturated carbocycles. The van der Waals surface area contributed by atoms with Crippen molar-refractivity contribution in [2.75, 3.05) is 18.0 Å². The lowest BCUT2D eigenvalue weighted by atomic mass is 10.0. The summed E-state index contributed by atoms with van der Waals surface area (Å²) in [6.07, 6.45) is 2.56. The number of benzene rings is 2. The van der Waals surface area contributed by atoms with Gasteiger partial charge in [0.1, 0.15) is 0 Å². The van der Waals surface area contributed by atoms with Gasteiger partial charge in [0, 0.05) is 18.8 Å². The predicted molar refractivity (Wildman–Crippen MR) is 90.3 cm³/mol. The highest BCUT2D eigenvalue weighted by molar-refractivity contribution is 6.40. The van der Waals surface area contributed by atoms with Crippen molar-refractivity contribution in [1.29, 1.82) is 0 Å². The highest BCUT2D eigenvalue weighted by Gasteiger charge is 2.26. The molecule has 1 heterocycles. The van der Waals surface area contributed by atoms with E-state index in [1.165, 1.54) is 0 Å². The number of aryl methyl sites for hydroxylation is 1. The van der Waals surface area contributed by atoms with Crippen LogP contribution in [0.15, 0.2) is 54.6 Å². The van der Waals surface area contributed by atoms with Crippen molar-refractivity contribution < 1.29 is 9.59 Å². The second kappa shape index (κ2) is 7.09. The molecular formula is C19H20N2O2. The zero-order chi connectivity index (χ0) is 16.1. The van der Waals surface area contributed by atoms with Crippen molar-refractivity contribution in [3.8, 4) is 0 Å². The van der Waals surface area contributed by atoms with Gasteiger partial charge in [-0.05, 0) is 36.5 Å². The summed E-state index contributed by atoms with van der Waals surface area (Å²) in [6, 6.07) is 17.7. The van der Waals surface area contributed by atoms with E-state index in [2.05, 4.69) is 5.32 Å². The van der Waals surface area contributed by atoms with Crippen molar-refractivity contribution in [2.45, 2.75) is 19.3 Å². The highest BCUT2D eigenvalue weighted by Crippen LogP contribution is 2.26. The number of anilines is 1. The van der Waals surface area contributed by atoms with Gasteiger partial charge < -0.3 is 10.2 Å². The molecule has 0 unspecified atom stereocenters. The number of carbonyl (C=O) groups is 2. The first kappa shape index (κ1) is 15.3. The van der Waals surface area contributed by atoms with Crippen LogP contribution < -0.4 is 10.2 Å². The van der Waals surface area contributed by atoms with Crippen LogP contribution in [0.2, 0.25) is 0 Å². The van der Waals surface area contributed by atoms with E-state index in [1.807, 2.05) is 54.6 Å². The molecule has 2 aromatic rings. The van der Waals surface area contributed by atoms with Crippen LogP contribution >= 0.6 is 0 Å². The third-order valence-corrected chi connectivity index (χ3v) is 4.09. The molecule has 4 heteroatoms. The van der Waals surface area contributed by atoms with E-state index in [0.29, 0.717) is 13.1 Å². The van der Waals surface area contributed by atoms with Gasteiger partial charge in [-0.25, -0.2) is 0 Å². The summed E-state index contributed by atoms with van der Waals surface area (Å²) < 4.78 is 0. The molecule has 4 nitrogen and oxygen atoms in total. The van der Waals surface area contributed by atoms with Crippen molar-refractivity contribution >= 4 is 17.5 Å². The van der Waals surface area contributed by atoms with Gasteiger partial charge in [-0.3, -0.25) is 9.59 Å². The quantitative estimate of drug-likeness (QED) is 0.885. The van der Waals surface area contributed by atoms with E-state index in [-0.39, 0.29) is 0 Å². The van der Waals surface area contributed by atoms with Crippen LogP contribution in [0.25, 0.3) is 0 Å². The van der Waals surface area contributed by atoms with Crippen molar-refractivity contribution in [2.24, 2.45) is 0 Å². The van der Waals surface area contributed by atoms with E-state index in [9.17, 15) is 9.59 Å². The van der Waals surface area contributed by atoms with Gasteiger partial charge in [-0.2, -0.15) is 0 Å². The molecule has 2 aromatic carbocycles. The normalized spacial score (nSPS) is 13.3. The fourth-order valence-electron chi connectivity index (χ4n) is 2.91. The minimum atomic E-state index is -0.530. The SMILES string of the molecule is O=C(NCCc1ccccc1)C(=O)N1CCCc2ccccc21. The summed E-state index contributed by atoms with van der Waals surface area (Å²) >= 11 is 0. The molecule has 1 aliphatic rings. The smallest absolute Gasteiger partial charge is 0.316 e. The second-order valence-corrected chi connectivity index (χ2v) is 5.68. The summed E-state index contributed by atoms with van der Waals surface area (Å²) in [6.45, 7) is 1.06. The molecular weight excluding hydrogens is 288 g/mol. The summed E-state index contributed by atoms with van der Waals surface area (Å²) in [5, 5.41) is 2.73. The molecule has 1 aliphatic heterocycles. The summed E-state index contributed by atoms with van der Waals surface area (Å²) in [5.41, 5.74) is 3.13. The lowest BCUT2D eigenvalue weighted by molar-refractivity contribution is -0.137. The Hall–Kier alpha value is -2.62. The molecule has 3 rings (SSSR count). The molecule has 0 atom stereocenters. The number of hydrogen-bond acceptors (Lipinski definition) is 2. The summed E-state index contributed by atoms with van der Waals surface area (Å²) in [5.74, 6) is -0.997. The Morgan fingerprint density at radius 1 is 1.00 bits per heavy atom. The number of nitrogens with zero attached hydrogens (tertiary/aromatic N) is 1. The Morgan fingerprint density at radius 2 is 1.74 bits per heavy atom. The lowest BCUT2D eigenvalue weighted by Crippen LogP contribution is -2.45. The van der Waals surface area contributed by atoms with Gasteiger partial charge in [0.2, 0.25) is 0 Å². The first-order chi connectivity index (χ1) is 11.3. The van der Waals surface area contributed by atoms with Crippen LogP contribution in [0.1, 0.15) is 17.5 Å². The Kier molecular flexibility index (Phi) is 4.71. The summed E-state index contributed by atoms with van der Waals surface area (Å²) in [7, 11) is 0. The fraction of sp³-hybridized carbons (Fsp3) is 0.263. The molecule has 0 bridgehead atoms. The largest absolute Gasteiger partial charge is 0.347 e. The Bertz CT molecular complexity index is 698. The number of hydrogen-bond donors (Lipinski definition) is 1. The molecule has 0 aliphatic carbocycles. The predicted octanol–water partition coefficient (Wildman–Crippen LogP) is 2.32. The Morgan fingerprint density at radius 3 is 2.57 bits per heavy atom. The molecule has 0 radical (unpaired) electrons. The Labute approximate surface area is 136 Å². The van der Waals surface area contributed by atoms with Gasteiger partial charge in [0.25, 0.3) is 0 Å². The van der Waals surface area contributed by atoms with E-state index in [0.717, 1.165) is 36.1 Å². The number of rotatable bonds is 3. The molecule has 0 aromatic heterocycles. The molecule has 0 saturated heterocycles. The zero-order valence-electron chi connectivity index (χ0n) is 13.0. The van der Waals surface area contributed by atoms with Gasteiger partial charge in [-0.15, -0.1) is 0 Å². The van der Waals surface area contributed by atoms with Crippen LogP contribution in [0.4, 0.5) is 5.69 Å². The number of para-hydroxylation sites is 1. The van der Waals surface area contributed by atoms with Crippen molar-refractivity contribution in [3.63, 3.8) is 0 Å². The third-order valence-electron chi connectivity index (χ3n) is 4.09. The molecule has 2 amide bonds. The van der Waals surface area contributed by atoms with E-state index < -0.39 is 11.8 Å². The van der Waals surface area contributed by atoms with Crippen LogP contribution in [0.5, 0.6) is 0 Å².